The van der Waals surface area contributed by atoms with Crippen molar-refractivity contribution in [3.8, 4) is 5.75 Å². The van der Waals surface area contributed by atoms with Crippen LogP contribution in [-0.4, -0.2) is 26.9 Å². The van der Waals surface area contributed by atoms with E-state index in [1.165, 1.54) is 10.9 Å². The van der Waals surface area contributed by atoms with Gasteiger partial charge in [-0.1, -0.05) is 30.3 Å². The number of rotatable bonds is 2. The Kier molecular flexibility index (Phi) is 4.64. The topological polar surface area (TPSA) is 30.5 Å². The minimum Gasteiger partial charge on any atom is -0.496 e. The van der Waals surface area contributed by atoms with E-state index in [4.69, 9.17) is 9.47 Å². The third-order valence-corrected chi connectivity index (χ3v) is 3.43. The van der Waals surface area contributed by atoms with Crippen LogP contribution in [0.3, 0.4) is 0 Å². The van der Waals surface area contributed by atoms with Gasteiger partial charge in [0.1, 0.15) is 5.75 Å². The first-order chi connectivity index (χ1) is 8.90. The van der Waals surface area contributed by atoms with Crippen molar-refractivity contribution in [1.29, 1.82) is 0 Å². The molecule has 0 bridgehead atoms. The molecule has 0 aliphatic carbocycles. The summed E-state index contributed by atoms with van der Waals surface area (Å²) in [6.45, 7) is 2.44. The van der Waals surface area contributed by atoms with Crippen LogP contribution in [-0.2, 0) is 4.74 Å². The molecule has 0 amide bonds. The van der Waals surface area contributed by atoms with Gasteiger partial charge in [-0.2, -0.15) is 0 Å². The average molecular weight is 280 g/mol. The summed E-state index contributed by atoms with van der Waals surface area (Å²) in [6, 6.07) is 12.8. The van der Waals surface area contributed by atoms with Crippen molar-refractivity contribution in [3.63, 3.8) is 0 Å². The van der Waals surface area contributed by atoms with E-state index in [1.807, 2.05) is 12.1 Å². The first kappa shape index (κ1) is 14.1. The average Bonchev–Trinajstić information content (AvgIpc) is 2.47. The minimum atomic E-state index is 0. The second-order valence-electron chi connectivity index (χ2n) is 4.48. The standard InChI is InChI=1S/C15H17NO2.ClH/c1-17-15-7-6-12(14-10-18-9-8-16-14)11-4-2-3-5-13(11)15;/h2-7,14,16H,8-10H2,1H3;1H/t14-;/m0./s1. The lowest BCUT2D eigenvalue weighted by Crippen LogP contribution is -2.34. The largest absolute Gasteiger partial charge is 0.496 e. The lowest BCUT2D eigenvalue weighted by atomic mass is 9.98. The molecular weight excluding hydrogens is 262 g/mol. The predicted molar refractivity (Wildman–Crippen MR) is 79.3 cm³/mol. The van der Waals surface area contributed by atoms with Gasteiger partial charge in [0.15, 0.2) is 0 Å². The SMILES string of the molecule is COc1ccc([C@@H]2COCCN2)c2ccccc12.Cl. The van der Waals surface area contributed by atoms with Gasteiger partial charge in [0, 0.05) is 11.9 Å². The van der Waals surface area contributed by atoms with Crippen LogP contribution in [0.25, 0.3) is 10.8 Å². The summed E-state index contributed by atoms with van der Waals surface area (Å²) in [7, 11) is 1.71. The molecule has 1 atom stereocenters. The Morgan fingerprint density at radius 3 is 2.63 bits per heavy atom. The van der Waals surface area contributed by atoms with Gasteiger partial charge < -0.3 is 14.8 Å². The summed E-state index contributed by atoms with van der Waals surface area (Å²) < 4.78 is 11.0. The number of nitrogens with one attached hydrogen (secondary N) is 1. The summed E-state index contributed by atoms with van der Waals surface area (Å²) in [5.74, 6) is 0.922. The molecule has 4 heteroatoms. The Labute approximate surface area is 119 Å². The van der Waals surface area contributed by atoms with Crippen LogP contribution >= 0.6 is 12.4 Å². The molecule has 0 saturated carbocycles. The van der Waals surface area contributed by atoms with Crippen LogP contribution in [0.4, 0.5) is 0 Å². The Balaban J connectivity index is 0.00000133. The van der Waals surface area contributed by atoms with E-state index in [-0.39, 0.29) is 18.4 Å². The fraction of sp³-hybridized carbons (Fsp3) is 0.333. The molecular formula is C15H18ClNO2. The molecule has 0 radical (unpaired) electrons. The normalized spacial score (nSPS) is 18.9. The quantitative estimate of drug-likeness (QED) is 0.917. The molecule has 1 saturated heterocycles. The highest BCUT2D eigenvalue weighted by Crippen LogP contribution is 2.32. The number of morpholine rings is 1. The molecule has 1 fully saturated rings. The Hall–Kier alpha value is -1.29. The van der Waals surface area contributed by atoms with Gasteiger partial charge in [0.2, 0.25) is 0 Å². The number of fused-ring (bicyclic) bond motifs is 1. The van der Waals surface area contributed by atoms with Gasteiger partial charge in [0.05, 0.1) is 26.4 Å². The van der Waals surface area contributed by atoms with Crippen molar-refractivity contribution in [2.24, 2.45) is 0 Å². The fourth-order valence-electron chi connectivity index (χ4n) is 2.54. The second-order valence-corrected chi connectivity index (χ2v) is 4.48. The molecule has 1 aliphatic rings. The highest BCUT2D eigenvalue weighted by molar-refractivity contribution is 5.91. The van der Waals surface area contributed by atoms with E-state index >= 15 is 0 Å². The summed E-state index contributed by atoms with van der Waals surface area (Å²) in [4.78, 5) is 0. The van der Waals surface area contributed by atoms with Crippen molar-refractivity contribution in [2.45, 2.75) is 6.04 Å². The van der Waals surface area contributed by atoms with Gasteiger partial charge in [0.25, 0.3) is 0 Å². The van der Waals surface area contributed by atoms with E-state index in [1.54, 1.807) is 7.11 Å². The number of halogens is 1. The highest BCUT2D eigenvalue weighted by Gasteiger charge is 2.18. The summed E-state index contributed by atoms with van der Waals surface area (Å²) >= 11 is 0. The van der Waals surface area contributed by atoms with Gasteiger partial charge in [-0.3, -0.25) is 0 Å². The molecule has 2 aromatic rings. The van der Waals surface area contributed by atoms with Crippen molar-refractivity contribution < 1.29 is 9.47 Å². The first-order valence-corrected chi connectivity index (χ1v) is 6.27. The molecule has 3 nitrogen and oxygen atoms in total. The Bertz CT molecular complexity index is 553. The minimum absolute atomic E-state index is 0. The third kappa shape index (κ3) is 2.68. The third-order valence-electron chi connectivity index (χ3n) is 3.43. The summed E-state index contributed by atoms with van der Waals surface area (Å²) in [5, 5.41) is 5.89. The monoisotopic (exact) mass is 279 g/mol. The van der Waals surface area contributed by atoms with Gasteiger partial charge in [-0.25, -0.2) is 0 Å². The highest BCUT2D eigenvalue weighted by atomic mass is 35.5. The van der Waals surface area contributed by atoms with Gasteiger partial charge in [-0.05, 0) is 17.0 Å². The van der Waals surface area contributed by atoms with E-state index in [2.05, 4.69) is 29.6 Å². The van der Waals surface area contributed by atoms with Crippen LogP contribution in [0.15, 0.2) is 36.4 Å². The zero-order valence-electron chi connectivity index (χ0n) is 10.9. The second kappa shape index (κ2) is 6.24. The molecule has 1 aliphatic heterocycles. The van der Waals surface area contributed by atoms with Crippen LogP contribution in [0.2, 0.25) is 0 Å². The fourth-order valence-corrected chi connectivity index (χ4v) is 2.54. The lowest BCUT2D eigenvalue weighted by Gasteiger charge is -2.25. The smallest absolute Gasteiger partial charge is 0.126 e. The molecule has 2 aromatic carbocycles. The van der Waals surface area contributed by atoms with Gasteiger partial charge >= 0.3 is 0 Å². The number of ether oxygens (including phenoxy) is 2. The molecule has 3 rings (SSSR count). The van der Waals surface area contributed by atoms with E-state index in [9.17, 15) is 0 Å². The van der Waals surface area contributed by atoms with Crippen molar-refractivity contribution in [2.75, 3.05) is 26.9 Å². The van der Waals surface area contributed by atoms with E-state index in [0.717, 1.165) is 30.9 Å². The van der Waals surface area contributed by atoms with Crippen LogP contribution < -0.4 is 10.1 Å². The Morgan fingerprint density at radius 2 is 1.95 bits per heavy atom. The Morgan fingerprint density at radius 1 is 1.16 bits per heavy atom. The zero-order valence-corrected chi connectivity index (χ0v) is 11.7. The maximum Gasteiger partial charge on any atom is 0.126 e. The summed E-state index contributed by atoms with van der Waals surface area (Å²) in [6.07, 6.45) is 0. The van der Waals surface area contributed by atoms with Crippen molar-refractivity contribution in [1.82, 2.24) is 5.32 Å². The van der Waals surface area contributed by atoms with E-state index in [0.29, 0.717) is 0 Å². The molecule has 0 spiro atoms. The zero-order chi connectivity index (χ0) is 12.4. The molecule has 102 valence electrons. The van der Waals surface area contributed by atoms with Gasteiger partial charge in [-0.15, -0.1) is 12.4 Å². The molecule has 1 N–H and O–H groups in total. The molecule has 19 heavy (non-hydrogen) atoms. The van der Waals surface area contributed by atoms with Crippen molar-refractivity contribution >= 4 is 23.2 Å². The maximum atomic E-state index is 5.55. The molecule has 0 aromatic heterocycles. The lowest BCUT2D eigenvalue weighted by molar-refractivity contribution is 0.0773. The maximum absolute atomic E-state index is 5.55. The first-order valence-electron chi connectivity index (χ1n) is 6.27. The number of methoxy groups -OCH3 is 1. The van der Waals surface area contributed by atoms with Crippen LogP contribution in [0, 0.1) is 0 Å². The van der Waals surface area contributed by atoms with Crippen molar-refractivity contribution in [3.05, 3.63) is 42.0 Å². The van der Waals surface area contributed by atoms with Crippen LogP contribution in [0.5, 0.6) is 5.75 Å². The molecule has 1 heterocycles. The predicted octanol–water partition coefficient (Wildman–Crippen LogP) is 2.93. The summed E-state index contributed by atoms with van der Waals surface area (Å²) in [5.41, 5.74) is 1.28. The van der Waals surface area contributed by atoms with E-state index < -0.39 is 0 Å². The number of benzene rings is 2. The molecule has 0 unspecified atom stereocenters. The van der Waals surface area contributed by atoms with Crippen LogP contribution in [0.1, 0.15) is 11.6 Å². The number of hydrogen-bond donors (Lipinski definition) is 1. The number of hydrogen-bond acceptors (Lipinski definition) is 3.